The third kappa shape index (κ3) is 3.99. The number of nitrogens with one attached hydrogen (secondary N) is 2. The molecule has 2 N–H and O–H groups in total. The Hall–Kier alpha value is -4.38. The number of rotatable bonds is 4. The maximum Gasteiger partial charge on any atom is 0.274 e. The lowest BCUT2D eigenvalue weighted by Crippen LogP contribution is -2.17. The molecule has 8 nitrogen and oxygen atoms in total. The van der Waals surface area contributed by atoms with E-state index in [-0.39, 0.29) is 18.1 Å². The van der Waals surface area contributed by atoms with Crippen molar-refractivity contribution in [2.24, 2.45) is 0 Å². The number of ether oxygens (including phenoxy) is 2. The summed E-state index contributed by atoms with van der Waals surface area (Å²) in [5.74, 6) is 0.319. The first kappa shape index (κ1) is 18.0. The average molecular weight is 386 g/mol. The van der Waals surface area contributed by atoms with Crippen LogP contribution in [-0.2, 0) is 0 Å². The molecule has 0 saturated carbocycles. The zero-order chi connectivity index (χ0) is 20.2. The molecule has 2 heterocycles. The molecule has 0 atom stereocenters. The van der Waals surface area contributed by atoms with Crippen LogP contribution < -0.4 is 20.1 Å². The number of benzene rings is 2. The lowest BCUT2D eigenvalue weighted by Gasteiger charge is -2.08. The highest BCUT2D eigenvalue weighted by Crippen LogP contribution is 2.34. The van der Waals surface area contributed by atoms with Crippen LogP contribution in [0.4, 0.5) is 11.4 Å². The number of fused-ring (bicyclic) bond motifs is 1. The van der Waals surface area contributed by atoms with E-state index in [1.54, 1.807) is 42.5 Å². The van der Waals surface area contributed by atoms with E-state index in [4.69, 9.17) is 14.7 Å². The Morgan fingerprint density at radius 3 is 2.41 bits per heavy atom. The lowest BCUT2D eigenvalue weighted by atomic mass is 10.2. The smallest absolute Gasteiger partial charge is 0.274 e. The Morgan fingerprint density at radius 2 is 1.62 bits per heavy atom. The van der Waals surface area contributed by atoms with Gasteiger partial charge in [-0.1, -0.05) is 0 Å². The van der Waals surface area contributed by atoms with Crippen molar-refractivity contribution in [3.63, 3.8) is 0 Å². The molecule has 0 spiro atoms. The minimum Gasteiger partial charge on any atom is -0.454 e. The quantitative estimate of drug-likeness (QED) is 0.712. The summed E-state index contributed by atoms with van der Waals surface area (Å²) in [5.41, 5.74) is 1.92. The van der Waals surface area contributed by atoms with Crippen molar-refractivity contribution in [1.29, 1.82) is 5.26 Å². The van der Waals surface area contributed by atoms with Crippen molar-refractivity contribution in [3.05, 3.63) is 77.6 Å². The van der Waals surface area contributed by atoms with E-state index in [9.17, 15) is 9.59 Å². The molecule has 0 radical (unpaired) electrons. The lowest BCUT2D eigenvalue weighted by molar-refractivity contribution is 0.102. The predicted molar refractivity (Wildman–Crippen MR) is 104 cm³/mol. The molecule has 0 saturated heterocycles. The van der Waals surface area contributed by atoms with E-state index >= 15 is 0 Å². The molecule has 0 aliphatic carbocycles. The number of aromatic nitrogens is 1. The molecule has 2 amide bonds. The fraction of sp³-hybridized carbons (Fsp3) is 0.0476. The largest absolute Gasteiger partial charge is 0.454 e. The molecule has 1 aromatic heterocycles. The molecule has 2 aromatic carbocycles. The van der Waals surface area contributed by atoms with Gasteiger partial charge in [-0.15, -0.1) is 0 Å². The van der Waals surface area contributed by atoms with Gasteiger partial charge in [0.05, 0.1) is 11.6 Å². The SMILES string of the molecule is N#Cc1ccc(NC(=O)c2cc(C(=O)Nc3ccc4c(c3)OCO4)ccn2)cc1. The van der Waals surface area contributed by atoms with E-state index < -0.39 is 11.8 Å². The van der Waals surface area contributed by atoms with Gasteiger partial charge in [0.1, 0.15) is 5.69 Å². The monoisotopic (exact) mass is 386 g/mol. The van der Waals surface area contributed by atoms with Crippen LogP contribution in [0.3, 0.4) is 0 Å². The first-order chi connectivity index (χ1) is 14.1. The zero-order valence-corrected chi connectivity index (χ0v) is 15.0. The predicted octanol–water partition coefficient (Wildman–Crippen LogP) is 3.19. The van der Waals surface area contributed by atoms with Gasteiger partial charge in [0.2, 0.25) is 6.79 Å². The molecule has 1 aliphatic heterocycles. The van der Waals surface area contributed by atoms with Crippen LogP contribution in [0.1, 0.15) is 26.4 Å². The number of hydrogen-bond donors (Lipinski definition) is 2. The molecular weight excluding hydrogens is 372 g/mol. The normalized spacial score (nSPS) is 11.4. The summed E-state index contributed by atoms with van der Waals surface area (Å²) in [7, 11) is 0. The molecule has 142 valence electrons. The fourth-order valence-electron chi connectivity index (χ4n) is 2.70. The summed E-state index contributed by atoms with van der Waals surface area (Å²) < 4.78 is 10.5. The Bertz CT molecular complexity index is 1140. The van der Waals surface area contributed by atoms with Crippen molar-refractivity contribution in [1.82, 2.24) is 4.98 Å². The second-order valence-corrected chi connectivity index (χ2v) is 6.10. The van der Waals surface area contributed by atoms with Gasteiger partial charge in [-0.3, -0.25) is 14.6 Å². The minimum atomic E-state index is -0.465. The maximum atomic E-state index is 12.5. The van der Waals surface area contributed by atoms with Crippen LogP contribution in [0.25, 0.3) is 0 Å². The summed E-state index contributed by atoms with van der Waals surface area (Å²) in [6.07, 6.45) is 1.39. The molecule has 8 heteroatoms. The van der Waals surface area contributed by atoms with Gasteiger partial charge in [-0.2, -0.15) is 5.26 Å². The van der Waals surface area contributed by atoms with Gasteiger partial charge in [-0.05, 0) is 48.5 Å². The number of pyridine rings is 1. The molecule has 4 rings (SSSR count). The van der Waals surface area contributed by atoms with Gasteiger partial charge in [0, 0.05) is 29.2 Å². The van der Waals surface area contributed by atoms with Crippen molar-refractivity contribution in [2.75, 3.05) is 17.4 Å². The summed E-state index contributed by atoms with van der Waals surface area (Å²) >= 11 is 0. The standard InChI is InChI=1S/C21H14N4O4/c22-11-13-1-3-15(4-2-13)24-21(27)17-9-14(7-8-23-17)20(26)25-16-5-6-18-19(10-16)29-12-28-18/h1-10H,12H2,(H,24,27)(H,25,26). The number of carbonyl (C=O) groups excluding carboxylic acids is 2. The maximum absolute atomic E-state index is 12.5. The van der Waals surface area contributed by atoms with Crippen molar-refractivity contribution in [3.8, 4) is 17.6 Å². The second-order valence-electron chi connectivity index (χ2n) is 6.10. The topological polar surface area (TPSA) is 113 Å². The molecule has 1 aliphatic rings. The molecule has 0 fully saturated rings. The Morgan fingerprint density at radius 1 is 0.897 bits per heavy atom. The molecule has 0 bridgehead atoms. The Balaban J connectivity index is 1.46. The van der Waals surface area contributed by atoms with E-state index in [1.807, 2.05) is 6.07 Å². The van der Waals surface area contributed by atoms with Gasteiger partial charge in [0.25, 0.3) is 11.8 Å². The number of anilines is 2. The average Bonchev–Trinajstić information content (AvgIpc) is 3.22. The number of carbonyl (C=O) groups is 2. The van der Waals surface area contributed by atoms with E-state index in [0.717, 1.165) is 0 Å². The molecule has 0 unspecified atom stereocenters. The second kappa shape index (κ2) is 7.70. The fourth-order valence-corrected chi connectivity index (χ4v) is 2.70. The molecular formula is C21H14N4O4. The third-order valence-electron chi connectivity index (χ3n) is 4.16. The van der Waals surface area contributed by atoms with Crippen molar-refractivity contribution < 1.29 is 19.1 Å². The third-order valence-corrected chi connectivity index (χ3v) is 4.16. The Labute approximate surface area is 165 Å². The van der Waals surface area contributed by atoms with Crippen LogP contribution >= 0.6 is 0 Å². The highest BCUT2D eigenvalue weighted by molar-refractivity contribution is 6.07. The first-order valence-corrected chi connectivity index (χ1v) is 8.61. The highest BCUT2D eigenvalue weighted by Gasteiger charge is 2.16. The van der Waals surface area contributed by atoms with Crippen LogP contribution in [0, 0.1) is 11.3 Å². The van der Waals surface area contributed by atoms with Gasteiger partial charge in [-0.25, -0.2) is 0 Å². The van der Waals surface area contributed by atoms with Crippen molar-refractivity contribution in [2.45, 2.75) is 0 Å². The van der Waals surface area contributed by atoms with E-state index in [1.165, 1.54) is 18.3 Å². The van der Waals surface area contributed by atoms with E-state index in [0.29, 0.717) is 28.4 Å². The van der Waals surface area contributed by atoms with Gasteiger partial charge in [0.15, 0.2) is 11.5 Å². The van der Waals surface area contributed by atoms with E-state index in [2.05, 4.69) is 15.6 Å². The van der Waals surface area contributed by atoms with Crippen LogP contribution in [0.5, 0.6) is 11.5 Å². The zero-order valence-electron chi connectivity index (χ0n) is 15.0. The van der Waals surface area contributed by atoms with Gasteiger partial charge >= 0.3 is 0 Å². The summed E-state index contributed by atoms with van der Waals surface area (Å²) in [6, 6.07) is 16.4. The highest BCUT2D eigenvalue weighted by atomic mass is 16.7. The minimum absolute atomic E-state index is 0.0905. The first-order valence-electron chi connectivity index (χ1n) is 8.61. The van der Waals surface area contributed by atoms with Crippen LogP contribution in [0.15, 0.2) is 60.8 Å². The summed E-state index contributed by atoms with van der Waals surface area (Å²) in [4.78, 5) is 29.0. The number of hydrogen-bond acceptors (Lipinski definition) is 6. The summed E-state index contributed by atoms with van der Waals surface area (Å²) in [6.45, 7) is 0.148. The van der Waals surface area contributed by atoms with Crippen LogP contribution in [0.2, 0.25) is 0 Å². The number of nitrogens with zero attached hydrogens (tertiary/aromatic N) is 2. The Kier molecular flexibility index (Phi) is 4.78. The van der Waals surface area contributed by atoms with Gasteiger partial charge < -0.3 is 20.1 Å². The number of amides is 2. The summed E-state index contributed by atoms with van der Waals surface area (Å²) in [5, 5.41) is 14.3. The molecule has 29 heavy (non-hydrogen) atoms. The number of nitriles is 1. The van der Waals surface area contributed by atoms with Crippen molar-refractivity contribution >= 4 is 23.2 Å². The molecule has 3 aromatic rings. The van der Waals surface area contributed by atoms with Crippen LogP contribution in [-0.4, -0.2) is 23.6 Å².